The summed E-state index contributed by atoms with van der Waals surface area (Å²) in [6.07, 6.45) is 0. The monoisotopic (exact) mass is 371 g/mol. The third kappa shape index (κ3) is 3.89. The number of anilines is 1. The normalized spacial score (nSPS) is 10.6. The van der Waals surface area contributed by atoms with Crippen LogP contribution in [0.5, 0.6) is 0 Å². The van der Waals surface area contributed by atoms with E-state index in [1.165, 1.54) is 12.1 Å². The number of aryl methyl sites for hydroxylation is 1. The molecule has 0 bridgehead atoms. The first-order chi connectivity index (χ1) is 12.5. The highest BCUT2D eigenvalue weighted by atomic mass is 35.5. The Balaban J connectivity index is 1.71. The zero-order chi connectivity index (χ0) is 18.7. The predicted octanol–water partition coefficient (Wildman–Crippen LogP) is 5.21. The number of nitrogens with zero attached hydrogens (tertiary/aromatic N) is 1. The molecule has 0 fully saturated rings. The predicted molar refractivity (Wildman–Crippen MR) is 103 cm³/mol. The number of hydrogen-bond acceptors (Lipinski definition) is 1. The summed E-state index contributed by atoms with van der Waals surface area (Å²) in [5.41, 5.74) is 4.43. The fourth-order valence-electron chi connectivity index (χ4n) is 2.90. The van der Waals surface area contributed by atoms with Gasteiger partial charge in [0, 0.05) is 23.6 Å². The molecule has 0 spiro atoms. The quantitative estimate of drug-likeness (QED) is 0.649. The van der Waals surface area contributed by atoms with Crippen LogP contribution in [-0.2, 0) is 6.54 Å². The molecule has 0 aliphatic heterocycles. The Kier molecular flexibility index (Phi) is 5.28. The molecular weight excluding hydrogens is 353 g/mol. The number of hydrogen-bond donors (Lipinski definition) is 2. The van der Waals surface area contributed by atoms with E-state index in [9.17, 15) is 9.18 Å². The second kappa shape index (κ2) is 7.62. The topological polar surface area (TPSA) is 46.1 Å². The van der Waals surface area contributed by atoms with Crippen molar-refractivity contribution in [2.45, 2.75) is 20.4 Å². The lowest BCUT2D eigenvalue weighted by Crippen LogP contribution is -2.28. The molecule has 0 aliphatic carbocycles. The number of carbonyl (C=O) groups excluding carboxylic acids is 1. The molecule has 0 radical (unpaired) electrons. The van der Waals surface area contributed by atoms with E-state index in [0.717, 1.165) is 22.6 Å². The van der Waals surface area contributed by atoms with Crippen LogP contribution in [0.25, 0.3) is 5.69 Å². The van der Waals surface area contributed by atoms with Crippen molar-refractivity contribution in [2.75, 3.05) is 5.32 Å². The first-order valence-electron chi connectivity index (χ1n) is 8.19. The number of amides is 2. The average molecular weight is 372 g/mol. The van der Waals surface area contributed by atoms with Gasteiger partial charge in [-0.1, -0.05) is 23.7 Å². The van der Waals surface area contributed by atoms with Crippen LogP contribution >= 0.6 is 11.6 Å². The van der Waals surface area contributed by atoms with E-state index in [4.69, 9.17) is 11.6 Å². The molecule has 2 N–H and O–H groups in total. The van der Waals surface area contributed by atoms with Gasteiger partial charge in [-0.15, -0.1) is 0 Å². The second-order valence-corrected chi connectivity index (χ2v) is 6.40. The number of para-hydroxylation sites is 1. The van der Waals surface area contributed by atoms with Gasteiger partial charge in [-0.2, -0.15) is 0 Å². The summed E-state index contributed by atoms with van der Waals surface area (Å²) < 4.78 is 15.2. The van der Waals surface area contributed by atoms with Crippen molar-refractivity contribution < 1.29 is 9.18 Å². The van der Waals surface area contributed by atoms with Crippen LogP contribution in [-0.4, -0.2) is 10.6 Å². The lowest BCUT2D eigenvalue weighted by atomic mass is 10.2. The highest BCUT2D eigenvalue weighted by molar-refractivity contribution is 6.33. The molecule has 3 aromatic rings. The number of aromatic nitrogens is 1. The first-order valence-corrected chi connectivity index (χ1v) is 8.56. The van der Waals surface area contributed by atoms with E-state index in [0.29, 0.717) is 17.3 Å². The van der Waals surface area contributed by atoms with Gasteiger partial charge in [0.25, 0.3) is 0 Å². The Morgan fingerprint density at radius 3 is 2.50 bits per heavy atom. The van der Waals surface area contributed by atoms with E-state index >= 15 is 0 Å². The maximum atomic E-state index is 13.2. The summed E-state index contributed by atoms with van der Waals surface area (Å²) in [6.45, 7) is 4.32. The molecule has 2 aromatic carbocycles. The summed E-state index contributed by atoms with van der Waals surface area (Å²) in [6, 6.07) is 15.1. The zero-order valence-corrected chi connectivity index (χ0v) is 15.3. The van der Waals surface area contributed by atoms with Crippen LogP contribution in [0.2, 0.25) is 5.02 Å². The van der Waals surface area contributed by atoms with Crippen molar-refractivity contribution in [3.05, 3.63) is 82.4 Å². The molecule has 2 amide bonds. The van der Waals surface area contributed by atoms with Crippen molar-refractivity contribution in [2.24, 2.45) is 0 Å². The number of benzene rings is 2. The lowest BCUT2D eigenvalue weighted by molar-refractivity contribution is 0.251. The Hall–Kier alpha value is -2.79. The summed E-state index contributed by atoms with van der Waals surface area (Å²) in [5.74, 6) is -0.269. The van der Waals surface area contributed by atoms with Crippen molar-refractivity contribution in [3.63, 3.8) is 0 Å². The van der Waals surface area contributed by atoms with E-state index in [1.54, 1.807) is 36.4 Å². The first kappa shape index (κ1) is 18.0. The van der Waals surface area contributed by atoms with Crippen LogP contribution in [0.15, 0.2) is 54.6 Å². The molecule has 3 rings (SSSR count). The fraction of sp³-hybridized carbons (Fsp3) is 0.150. The molecule has 26 heavy (non-hydrogen) atoms. The Labute approximate surface area is 156 Å². The van der Waals surface area contributed by atoms with Gasteiger partial charge >= 0.3 is 6.03 Å². The second-order valence-electron chi connectivity index (χ2n) is 6.00. The third-order valence-corrected chi connectivity index (χ3v) is 4.51. The molecular formula is C20H19ClFN3O. The largest absolute Gasteiger partial charge is 0.334 e. The van der Waals surface area contributed by atoms with Gasteiger partial charge in [-0.05, 0) is 61.9 Å². The molecule has 0 unspecified atom stereocenters. The van der Waals surface area contributed by atoms with E-state index in [1.807, 2.05) is 24.5 Å². The molecule has 134 valence electrons. The van der Waals surface area contributed by atoms with Crippen LogP contribution in [0.1, 0.15) is 17.0 Å². The van der Waals surface area contributed by atoms with Crippen molar-refractivity contribution in [1.29, 1.82) is 0 Å². The Bertz CT molecular complexity index is 935. The molecule has 1 heterocycles. The van der Waals surface area contributed by atoms with Crippen LogP contribution in [0.4, 0.5) is 14.9 Å². The number of rotatable bonds is 4. The van der Waals surface area contributed by atoms with E-state index < -0.39 is 0 Å². The average Bonchev–Trinajstić information content (AvgIpc) is 2.90. The smallest absolute Gasteiger partial charge is 0.319 e. The van der Waals surface area contributed by atoms with Crippen LogP contribution < -0.4 is 10.6 Å². The van der Waals surface area contributed by atoms with Crippen molar-refractivity contribution in [3.8, 4) is 5.69 Å². The third-order valence-electron chi connectivity index (χ3n) is 4.18. The SMILES string of the molecule is Cc1cc(CNC(=O)Nc2ccccc2Cl)c(C)n1-c1ccc(F)cc1. The van der Waals surface area contributed by atoms with Crippen LogP contribution in [0, 0.1) is 19.7 Å². The van der Waals surface area contributed by atoms with Crippen LogP contribution in [0.3, 0.4) is 0 Å². The highest BCUT2D eigenvalue weighted by Gasteiger charge is 2.12. The van der Waals surface area contributed by atoms with Gasteiger partial charge in [0.1, 0.15) is 5.82 Å². The molecule has 0 atom stereocenters. The Morgan fingerprint density at radius 1 is 1.12 bits per heavy atom. The van der Waals surface area contributed by atoms with Gasteiger partial charge in [0.2, 0.25) is 0 Å². The van der Waals surface area contributed by atoms with Crippen molar-refractivity contribution >= 4 is 23.3 Å². The van der Waals surface area contributed by atoms with Gasteiger partial charge in [0.15, 0.2) is 0 Å². The standard InChI is InChI=1S/C20H19ClFN3O/c1-13-11-15(14(2)25(13)17-9-7-16(22)8-10-17)12-23-20(26)24-19-6-4-3-5-18(19)21/h3-11H,12H2,1-2H3,(H2,23,24,26). The van der Waals surface area contributed by atoms with Gasteiger partial charge in [-0.3, -0.25) is 0 Å². The van der Waals surface area contributed by atoms with Gasteiger partial charge in [0.05, 0.1) is 10.7 Å². The molecule has 6 heteroatoms. The molecule has 0 saturated heterocycles. The van der Waals surface area contributed by atoms with E-state index in [2.05, 4.69) is 10.6 Å². The summed E-state index contributed by atoms with van der Waals surface area (Å²) in [4.78, 5) is 12.1. The number of halogens is 2. The lowest BCUT2D eigenvalue weighted by Gasteiger charge is -2.11. The van der Waals surface area contributed by atoms with Crippen molar-refractivity contribution in [1.82, 2.24) is 9.88 Å². The fourth-order valence-corrected chi connectivity index (χ4v) is 3.08. The minimum atomic E-state index is -0.329. The highest BCUT2D eigenvalue weighted by Crippen LogP contribution is 2.22. The van der Waals surface area contributed by atoms with Gasteiger partial charge in [-0.25, -0.2) is 9.18 Å². The molecule has 0 saturated carbocycles. The minimum Gasteiger partial charge on any atom is -0.334 e. The number of nitrogens with one attached hydrogen (secondary N) is 2. The number of carbonyl (C=O) groups is 1. The van der Waals surface area contributed by atoms with E-state index in [-0.39, 0.29) is 11.8 Å². The zero-order valence-electron chi connectivity index (χ0n) is 14.5. The maximum Gasteiger partial charge on any atom is 0.319 e. The van der Waals surface area contributed by atoms with Gasteiger partial charge < -0.3 is 15.2 Å². The molecule has 4 nitrogen and oxygen atoms in total. The maximum absolute atomic E-state index is 13.2. The summed E-state index contributed by atoms with van der Waals surface area (Å²) in [5, 5.41) is 6.05. The summed E-state index contributed by atoms with van der Waals surface area (Å²) >= 11 is 6.04. The summed E-state index contributed by atoms with van der Waals surface area (Å²) in [7, 11) is 0. The number of urea groups is 1. The molecule has 0 aliphatic rings. The minimum absolute atomic E-state index is 0.269. The Morgan fingerprint density at radius 2 is 1.81 bits per heavy atom. The molecule has 1 aromatic heterocycles.